The Hall–Kier alpha value is -1.13. The third-order valence-electron chi connectivity index (χ3n) is 2.75. The molecule has 0 radical (unpaired) electrons. The zero-order valence-corrected chi connectivity index (χ0v) is 11.6. The lowest BCUT2D eigenvalue weighted by Gasteiger charge is -2.02. The van der Waals surface area contributed by atoms with Gasteiger partial charge >= 0.3 is 0 Å². The molecule has 0 atom stereocenters. The minimum absolute atomic E-state index is 0.416. The summed E-state index contributed by atoms with van der Waals surface area (Å²) in [6.07, 6.45) is 2.15. The average Bonchev–Trinajstić information content (AvgIpc) is 2.85. The van der Waals surface area contributed by atoms with E-state index in [9.17, 15) is 0 Å². The van der Waals surface area contributed by atoms with Crippen LogP contribution < -0.4 is 5.32 Å². The van der Waals surface area contributed by atoms with E-state index in [1.54, 1.807) is 11.3 Å². The van der Waals surface area contributed by atoms with Crippen molar-refractivity contribution < 1.29 is 0 Å². The first-order chi connectivity index (χ1) is 8.11. The lowest BCUT2D eigenvalue weighted by Crippen LogP contribution is -2.03. The predicted octanol–water partition coefficient (Wildman–Crippen LogP) is 3.22. The van der Waals surface area contributed by atoms with Gasteiger partial charge in [0, 0.05) is 29.2 Å². The summed E-state index contributed by atoms with van der Waals surface area (Å²) < 4.78 is 2.03. The molecule has 2 aromatic heterocycles. The molecule has 0 aliphatic heterocycles. The van der Waals surface area contributed by atoms with Gasteiger partial charge in [-0.25, -0.2) is 0 Å². The van der Waals surface area contributed by atoms with Crippen LogP contribution in [0.1, 0.15) is 31.1 Å². The maximum absolute atomic E-state index is 4.55. The van der Waals surface area contributed by atoms with Gasteiger partial charge in [0.05, 0.1) is 5.69 Å². The van der Waals surface area contributed by atoms with Gasteiger partial charge in [-0.15, -0.1) is 11.3 Å². The van der Waals surface area contributed by atoms with Crippen LogP contribution in [0.5, 0.6) is 0 Å². The molecule has 0 saturated heterocycles. The number of nitrogens with zero attached hydrogens (tertiary/aromatic N) is 2. The topological polar surface area (TPSA) is 29.9 Å². The Labute approximate surface area is 106 Å². The van der Waals surface area contributed by atoms with E-state index in [0.29, 0.717) is 6.04 Å². The van der Waals surface area contributed by atoms with Crippen molar-refractivity contribution in [2.24, 2.45) is 0 Å². The van der Waals surface area contributed by atoms with E-state index >= 15 is 0 Å². The third kappa shape index (κ3) is 2.58. The zero-order chi connectivity index (χ0) is 12.4. The Bertz CT molecular complexity index is 496. The van der Waals surface area contributed by atoms with E-state index in [4.69, 9.17) is 0 Å². The monoisotopic (exact) mass is 249 g/mol. The quantitative estimate of drug-likeness (QED) is 0.901. The van der Waals surface area contributed by atoms with Crippen molar-refractivity contribution in [2.45, 2.75) is 33.4 Å². The number of hydrogen-bond donors (Lipinski definition) is 1. The van der Waals surface area contributed by atoms with Crippen LogP contribution >= 0.6 is 11.3 Å². The Morgan fingerprint density at radius 1 is 1.47 bits per heavy atom. The number of rotatable bonds is 4. The number of aromatic nitrogens is 2. The van der Waals surface area contributed by atoms with E-state index in [1.807, 2.05) is 11.7 Å². The highest BCUT2D eigenvalue weighted by Crippen LogP contribution is 2.30. The maximum Gasteiger partial charge on any atom is 0.0680 e. The fourth-order valence-corrected chi connectivity index (χ4v) is 2.78. The highest BCUT2D eigenvalue weighted by atomic mass is 32.1. The van der Waals surface area contributed by atoms with E-state index < -0.39 is 0 Å². The number of aryl methyl sites for hydroxylation is 1. The molecule has 2 aromatic rings. The van der Waals surface area contributed by atoms with Crippen molar-refractivity contribution in [3.63, 3.8) is 0 Å². The minimum atomic E-state index is 0.416. The van der Waals surface area contributed by atoms with Gasteiger partial charge in [0.15, 0.2) is 0 Å². The largest absolute Gasteiger partial charge is 0.316 e. The van der Waals surface area contributed by atoms with Gasteiger partial charge in [0.2, 0.25) is 0 Å². The van der Waals surface area contributed by atoms with Crippen LogP contribution in [0.2, 0.25) is 0 Å². The summed E-state index contributed by atoms with van der Waals surface area (Å²) in [7, 11) is 1.97. The maximum atomic E-state index is 4.55. The summed E-state index contributed by atoms with van der Waals surface area (Å²) in [6.45, 7) is 7.30. The van der Waals surface area contributed by atoms with Crippen LogP contribution in [0.3, 0.4) is 0 Å². The summed E-state index contributed by atoms with van der Waals surface area (Å²) in [4.78, 5) is 1.31. The van der Waals surface area contributed by atoms with Crippen molar-refractivity contribution in [1.82, 2.24) is 15.1 Å². The van der Waals surface area contributed by atoms with E-state index in [1.165, 1.54) is 16.0 Å². The molecule has 3 nitrogen and oxygen atoms in total. The van der Waals surface area contributed by atoms with Gasteiger partial charge in [0.25, 0.3) is 0 Å². The van der Waals surface area contributed by atoms with Crippen molar-refractivity contribution in [3.8, 4) is 10.4 Å². The summed E-state index contributed by atoms with van der Waals surface area (Å²) in [6, 6.07) is 2.66. The van der Waals surface area contributed by atoms with Crippen LogP contribution in [0.15, 0.2) is 17.6 Å². The molecule has 1 N–H and O–H groups in total. The molecule has 0 spiro atoms. The predicted molar refractivity (Wildman–Crippen MR) is 73.4 cm³/mol. The average molecular weight is 249 g/mol. The van der Waals surface area contributed by atoms with Gasteiger partial charge in [-0.3, -0.25) is 4.68 Å². The molecule has 4 heteroatoms. The summed E-state index contributed by atoms with van der Waals surface area (Å²) in [5.41, 5.74) is 3.70. The molecular formula is C13H19N3S. The van der Waals surface area contributed by atoms with Crippen molar-refractivity contribution >= 4 is 11.3 Å². The third-order valence-corrected chi connectivity index (χ3v) is 3.76. The van der Waals surface area contributed by atoms with Crippen LogP contribution in [-0.4, -0.2) is 16.8 Å². The smallest absolute Gasteiger partial charge is 0.0680 e. The van der Waals surface area contributed by atoms with E-state index in [0.717, 1.165) is 12.2 Å². The summed E-state index contributed by atoms with van der Waals surface area (Å²) in [5, 5.41) is 9.93. The molecule has 0 aromatic carbocycles. The highest BCUT2D eigenvalue weighted by molar-refractivity contribution is 7.13. The first kappa shape index (κ1) is 12.3. The lowest BCUT2D eigenvalue weighted by molar-refractivity contribution is 0.529. The van der Waals surface area contributed by atoms with Gasteiger partial charge in [-0.1, -0.05) is 0 Å². The Kier molecular flexibility index (Phi) is 3.64. The molecule has 0 aliphatic rings. The van der Waals surface area contributed by atoms with Crippen LogP contribution in [0.25, 0.3) is 10.4 Å². The first-order valence-corrected chi connectivity index (χ1v) is 6.78. The highest BCUT2D eigenvalue weighted by Gasteiger charge is 2.11. The molecule has 92 valence electrons. The number of nitrogens with one attached hydrogen (secondary N) is 1. The molecule has 0 fully saturated rings. The molecule has 2 rings (SSSR count). The zero-order valence-electron chi connectivity index (χ0n) is 10.8. The normalized spacial score (nSPS) is 11.4. The summed E-state index contributed by atoms with van der Waals surface area (Å²) in [5.74, 6) is 0. The van der Waals surface area contributed by atoms with Gasteiger partial charge in [-0.05, 0) is 44.8 Å². The van der Waals surface area contributed by atoms with Gasteiger partial charge in [-0.2, -0.15) is 5.10 Å². The van der Waals surface area contributed by atoms with Crippen molar-refractivity contribution in [1.29, 1.82) is 0 Å². The summed E-state index contributed by atoms with van der Waals surface area (Å²) >= 11 is 1.79. The van der Waals surface area contributed by atoms with Crippen molar-refractivity contribution in [2.75, 3.05) is 7.05 Å². The standard InChI is InChI=1S/C13H19N3S/c1-9(2)16-7-12(10(3)15-16)13-5-11(6-14-4)8-17-13/h5,7-9,14H,6H2,1-4H3. The van der Waals surface area contributed by atoms with E-state index in [-0.39, 0.29) is 0 Å². The van der Waals surface area contributed by atoms with Crippen molar-refractivity contribution in [3.05, 3.63) is 28.9 Å². The Balaban J connectivity index is 2.31. The second-order valence-corrected chi connectivity index (χ2v) is 5.46. The van der Waals surface area contributed by atoms with Crippen LogP contribution in [0.4, 0.5) is 0 Å². The van der Waals surface area contributed by atoms with Gasteiger partial charge in [0.1, 0.15) is 0 Å². The molecule has 0 aliphatic carbocycles. The molecule has 17 heavy (non-hydrogen) atoms. The first-order valence-electron chi connectivity index (χ1n) is 5.90. The number of thiophene rings is 1. The Morgan fingerprint density at radius 2 is 2.24 bits per heavy atom. The number of hydrogen-bond acceptors (Lipinski definition) is 3. The van der Waals surface area contributed by atoms with E-state index in [2.05, 4.69) is 48.8 Å². The molecule has 0 unspecified atom stereocenters. The fraction of sp³-hybridized carbons (Fsp3) is 0.462. The molecule has 2 heterocycles. The molecular weight excluding hydrogens is 230 g/mol. The second-order valence-electron chi connectivity index (χ2n) is 4.55. The second kappa shape index (κ2) is 5.02. The minimum Gasteiger partial charge on any atom is -0.316 e. The SMILES string of the molecule is CNCc1csc(-c2cn(C(C)C)nc2C)c1. The fourth-order valence-electron chi connectivity index (χ4n) is 1.80. The molecule has 0 saturated carbocycles. The molecule has 0 bridgehead atoms. The van der Waals surface area contributed by atoms with Gasteiger partial charge < -0.3 is 5.32 Å². The van der Waals surface area contributed by atoms with Crippen LogP contribution in [-0.2, 0) is 6.54 Å². The Morgan fingerprint density at radius 3 is 2.82 bits per heavy atom. The molecule has 0 amide bonds. The van der Waals surface area contributed by atoms with Crippen LogP contribution in [0, 0.1) is 6.92 Å². The lowest BCUT2D eigenvalue weighted by atomic mass is 10.2.